The maximum absolute atomic E-state index is 5.93. The fourth-order valence-electron chi connectivity index (χ4n) is 1.24. The molecule has 4 heteroatoms. The molecule has 0 radical (unpaired) electrons. The molecule has 2 rings (SSSR count). The van der Waals surface area contributed by atoms with Crippen molar-refractivity contribution in [3.8, 4) is 0 Å². The van der Waals surface area contributed by atoms with E-state index < -0.39 is 0 Å². The van der Waals surface area contributed by atoms with E-state index in [9.17, 15) is 0 Å². The number of hydrogen-bond donors (Lipinski definition) is 0. The first-order chi connectivity index (χ1) is 6.31. The molecular formula is C9H8BClN2. The van der Waals surface area contributed by atoms with Crippen LogP contribution in [0, 0.1) is 0 Å². The first-order valence-corrected chi connectivity index (χ1v) is 4.60. The monoisotopic (exact) mass is 190 g/mol. The third kappa shape index (κ3) is 1.52. The molecule has 0 aliphatic heterocycles. The van der Waals surface area contributed by atoms with Crippen molar-refractivity contribution in [1.82, 2.24) is 9.97 Å². The summed E-state index contributed by atoms with van der Waals surface area (Å²) in [6, 6.07) is 7.73. The van der Waals surface area contributed by atoms with Gasteiger partial charge >= 0.3 is 0 Å². The molecule has 0 unspecified atom stereocenters. The Bertz CT molecular complexity index is 445. The second-order valence-electron chi connectivity index (χ2n) is 2.80. The van der Waals surface area contributed by atoms with Gasteiger partial charge in [0, 0.05) is 0 Å². The van der Waals surface area contributed by atoms with E-state index in [1.165, 1.54) is 0 Å². The van der Waals surface area contributed by atoms with E-state index in [-0.39, 0.29) is 0 Å². The molecule has 2 aromatic rings. The molecule has 13 heavy (non-hydrogen) atoms. The minimum Gasteiger partial charge on any atom is -0.249 e. The van der Waals surface area contributed by atoms with Gasteiger partial charge in [-0.05, 0) is 18.5 Å². The van der Waals surface area contributed by atoms with Crippen LogP contribution in [0.3, 0.4) is 0 Å². The summed E-state index contributed by atoms with van der Waals surface area (Å²) in [7, 11) is 2.02. The van der Waals surface area contributed by atoms with Crippen molar-refractivity contribution in [2.45, 2.75) is 6.32 Å². The smallest absolute Gasteiger partial charge is 0.150 e. The Morgan fingerprint density at radius 3 is 2.38 bits per heavy atom. The van der Waals surface area contributed by atoms with Crippen molar-refractivity contribution < 1.29 is 0 Å². The van der Waals surface area contributed by atoms with Gasteiger partial charge in [0.05, 0.1) is 16.7 Å². The fraction of sp³-hybridized carbons (Fsp3) is 0.111. The van der Waals surface area contributed by atoms with E-state index in [1.807, 2.05) is 32.1 Å². The molecule has 1 heterocycles. The van der Waals surface area contributed by atoms with Gasteiger partial charge in [0.25, 0.3) is 0 Å². The predicted molar refractivity (Wildman–Crippen MR) is 56.8 cm³/mol. The Labute approximate surface area is 82.4 Å². The van der Waals surface area contributed by atoms with Crippen LogP contribution in [0.15, 0.2) is 24.3 Å². The molecule has 1 aromatic carbocycles. The van der Waals surface area contributed by atoms with Crippen LogP contribution in [0.25, 0.3) is 11.0 Å². The van der Waals surface area contributed by atoms with Crippen molar-refractivity contribution in [2.24, 2.45) is 0 Å². The van der Waals surface area contributed by atoms with Crippen LogP contribution >= 0.6 is 11.6 Å². The van der Waals surface area contributed by atoms with Gasteiger partial charge in [0.1, 0.15) is 7.85 Å². The number of benzene rings is 1. The number of para-hydroxylation sites is 2. The third-order valence-corrected chi connectivity index (χ3v) is 2.23. The Hall–Kier alpha value is -1.09. The Balaban J connectivity index is 2.74. The number of hydrogen-bond acceptors (Lipinski definition) is 2. The molecule has 0 bridgehead atoms. The fourth-order valence-corrected chi connectivity index (χ4v) is 1.51. The summed E-state index contributed by atoms with van der Waals surface area (Å²) in [5.41, 5.74) is 2.62. The lowest BCUT2D eigenvalue weighted by molar-refractivity contribution is 1.16. The van der Waals surface area contributed by atoms with E-state index in [4.69, 9.17) is 11.6 Å². The molecule has 0 atom stereocenters. The van der Waals surface area contributed by atoms with Crippen LogP contribution < -0.4 is 0 Å². The van der Waals surface area contributed by atoms with Gasteiger partial charge in [0.2, 0.25) is 0 Å². The maximum atomic E-state index is 5.93. The highest BCUT2D eigenvalue weighted by Crippen LogP contribution is 2.16. The molecule has 0 saturated carbocycles. The number of halogens is 1. The lowest BCUT2D eigenvalue weighted by atomic mass is 10.0. The highest BCUT2D eigenvalue weighted by Gasteiger charge is 2.03. The van der Waals surface area contributed by atoms with Crippen molar-refractivity contribution in [2.75, 3.05) is 0 Å². The van der Waals surface area contributed by atoms with E-state index >= 15 is 0 Å². The van der Waals surface area contributed by atoms with Crippen molar-refractivity contribution in [3.63, 3.8) is 0 Å². The highest BCUT2D eigenvalue weighted by molar-refractivity contribution is 6.30. The summed E-state index contributed by atoms with van der Waals surface area (Å²) in [6.07, 6.45) is 0.816. The second-order valence-corrected chi connectivity index (χ2v) is 3.16. The van der Waals surface area contributed by atoms with E-state index in [0.29, 0.717) is 5.15 Å². The van der Waals surface area contributed by atoms with Gasteiger partial charge in [-0.1, -0.05) is 23.7 Å². The zero-order chi connectivity index (χ0) is 9.26. The quantitative estimate of drug-likeness (QED) is 0.636. The van der Waals surface area contributed by atoms with Gasteiger partial charge in [-0.15, -0.1) is 0 Å². The van der Waals surface area contributed by atoms with Crippen LogP contribution in [0.5, 0.6) is 0 Å². The minimum atomic E-state index is 0.515. The number of aromatic nitrogens is 2. The molecular weight excluding hydrogens is 182 g/mol. The first kappa shape index (κ1) is 8.51. The van der Waals surface area contributed by atoms with Crippen LogP contribution in [0.2, 0.25) is 5.15 Å². The predicted octanol–water partition coefficient (Wildman–Crippen LogP) is 1.42. The standard InChI is InChI=1S/C9H8BClN2/c10-5-8-9(11)13-7-4-2-1-3-6(7)12-8/h1-4H,5,10H2. The molecule has 0 saturated heterocycles. The summed E-state index contributed by atoms with van der Waals surface area (Å²) >= 11 is 5.93. The first-order valence-electron chi connectivity index (χ1n) is 4.22. The van der Waals surface area contributed by atoms with Gasteiger partial charge in [-0.2, -0.15) is 0 Å². The molecule has 0 aliphatic carbocycles. The van der Waals surface area contributed by atoms with Gasteiger partial charge in [-0.3, -0.25) is 0 Å². The molecule has 2 nitrogen and oxygen atoms in total. The van der Waals surface area contributed by atoms with Crippen LogP contribution in [0.1, 0.15) is 5.69 Å². The summed E-state index contributed by atoms with van der Waals surface area (Å²) < 4.78 is 0. The number of nitrogens with zero attached hydrogens (tertiary/aromatic N) is 2. The van der Waals surface area contributed by atoms with E-state index in [2.05, 4.69) is 9.97 Å². The molecule has 0 fully saturated rings. The lowest BCUT2D eigenvalue weighted by Gasteiger charge is -2.01. The minimum absolute atomic E-state index is 0.515. The van der Waals surface area contributed by atoms with Gasteiger partial charge in [0.15, 0.2) is 5.15 Å². The average molecular weight is 190 g/mol. The van der Waals surface area contributed by atoms with Crippen LogP contribution in [-0.4, -0.2) is 17.8 Å². The summed E-state index contributed by atoms with van der Waals surface area (Å²) in [4.78, 5) is 8.65. The molecule has 0 spiro atoms. The Kier molecular flexibility index (Phi) is 2.19. The van der Waals surface area contributed by atoms with Gasteiger partial charge < -0.3 is 0 Å². The molecule has 64 valence electrons. The Morgan fingerprint density at radius 2 is 1.77 bits per heavy atom. The van der Waals surface area contributed by atoms with Crippen LogP contribution in [0.4, 0.5) is 0 Å². The SMILES string of the molecule is BCc1nc2ccccc2nc1Cl. The normalized spacial score (nSPS) is 10.5. The highest BCUT2D eigenvalue weighted by atomic mass is 35.5. The van der Waals surface area contributed by atoms with Crippen molar-refractivity contribution >= 4 is 30.5 Å². The molecule has 1 aromatic heterocycles. The molecule has 0 amide bonds. The summed E-state index contributed by atoms with van der Waals surface area (Å²) in [6.45, 7) is 0. The van der Waals surface area contributed by atoms with Gasteiger partial charge in [-0.25, -0.2) is 9.97 Å². The number of rotatable bonds is 1. The lowest BCUT2D eigenvalue weighted by Crippen LogP contribution is -1.94. The Morgan fingerprint density at radius 1 is 1.15 bits per heavy atom. The number of fused-ring (bicyclic) bond motifs is 1. The zero-order valence-corrected chi connectivity index (χ0v) is 8.04. The second kappa shape index (κ2) is 3.34. The van der Waals surface area contributed by atoms with Crippen molar-refractivity contribution in [3.05, 3.63) is 35.1 Å². The van der Waals surface area contributed by atoms with E-state index in [0.717, 1.165) is 23.0 Å². The van der Waals surface area contributed by atoms with E-state index in [1.54, 1.807) is 0 Å². The summed E-state index contributed by atoms with van der Waals surface area (Å²) in [5, 5.41) is 0.515. The maximum Gasteiger partial charge on any atom is 0.150 e. The topological polar surface area (TPSA) is 25.8 Å². The largest absolute Gasteiger partial charge is 0.249 e. The molecule has 0 aliphatic rings. The summed E-state index contributed by atoms with van der Waals surface area (Å²) in [5.74, 6) is 0. The average Bonchev–Trinajstić information content (AvgIpc) is 2.17. The van der Waals surface area contributed by atoms with Crippen molar-refractivity contribution in [1.29, 1.82) is 0 Å². The molecule has 0 N–H and O–H groups in total. The van der Waals surface area contributed by atoms with Crippen LogP contribution in [-0.2, 0) is 6.32 Å². The third-order valence-electron chi connectivity index (χ3n) is 1.93. The zero-order valence-electron chi connectivity index (χ0n) is 7.29.